The number of rotatable bonds is 8. The van der Waals surface area contributed by atoms with Crippen molar-refractivity contribution in [2.45, 2.75) is 30.8 Å². The van der Waals surface area contributed by atoms with Crippen LogP contribution in [0, 0.1) is 0 Å². The Hall–Kier alpha value is -2.39. The van der Waals surface area contributed by atoms with Gasteiger partial charge in [0.05, 0.1) is 18.4 Å². The summed E-state index contributed by atoms with van der Waals surface area (Å²) in [6.07, 6.45) is 0. The summed E-state index contributed by atoms with van der Waals surface area (Å²) in [6, 6.07) is 11.5. The van der Waals surface area contributed by atoms with Crippen LogP contribution in [0.4, 0.5) is 0 Å². The summed E-state index contributed by atoms with van der Waals surface area (Å²) < 4.78 is 7.24. The molecule has 1 N–H and O–H groups in total. The maximum atomic E-state index is 12.4. The molecule has 0 radical (unpaired) electrons. The molecule has 0 aliphatic rings. The normalized spacial score (nSPS) is 11.9. The van der Waals surface area contributed by atoms with E-state index >= 15 is 0 Å². The lowest BCUT2D eigenvalue weighted by Crippen LogP contribution is -2.30. The van der Waals surface area contributed by atoms with E-state index in [2.05, 4.69) is 20.8 Å². The van der Waals surface area contributed by atoms with Gasteiger partial charge in [-0.3, -0.25) is 4.79 Å². The SMILES string of the molecule is CCOc1ccccc1-n1nnnc1SC(C)C(=O)NCc1cccs1. The molecule has 1 amide bonds. The van der Waals surface area contributed by atoms with Crippen LogP contribution >= 0.6 is 23.1 Å². The summed E-state index contributed by atoms with van der Waals surface area (Å²) in [5.41, 5.74) is 0.744. The summed E-state index contributed by atoms with van der Waals surface area (Å²) in [7, 11) is 0. The van der Waals surface area contributed by atoms with Gasteiger partial charge < -0.3 is 10.1 Å². The maximum Gasteiger partial charge on any atom is 0.233 e. The highest BCUT2D eigenvalue weighted by Gasteiger charge is 2.20. The fourth-order valence-electron chi connectivity index (χ4n) is 2.26. The largest absolute Gasteiger partial charge is 0.492 e. The van der Waals surface area contributed by atoms with Gasteiger partial charge in [-0.25, -0.2) is 0 Å². The first-order valence-electron chi connectivity index (χ1n) is 8.16. The molecule has 3 aromatic rings. The Kier molecular flexibility index (Phi) is 6.24. The second-order valence-corrected chi connectivity index (χ2v) is 7.67. The van der Waals surface area contributed by atoms with Gasteiger partial charge in [-0.05, 0) is 47.9 Å². The molecule has 7 nitrogen and oxygen atoms in total. The predicted octanol–water partition coefficient (Wildman–Crippen LogP) is 2.92. The minimum Gasteiger partial charge on any atom is -0.492 e. The number of amides is 1. The number of para-hydroxylation sites is 2. The minimum atomic E-state index is -0.334. The molecule has 2 aromatic heterocycles. The zero-order valence-corrected chi connectivity index (χ0v) is 16.1. The van der Waals surface area contributed by atoms with Crippen molar-refractivity contribution in [2.24, 2.45) is 0 Å². The van der Waals surface area contributed by atoms with Gasteiger partial charge in [0.2, 0.25) is 11.1 Å². The third-order valence-electron chi connectivity index (χ3n) is 3.50. The van der Waals surface area contributed by atoms with E-state index in [0.717, 1.165) is 10.6 Å². The van der Waals surface area contributed by atoms with Crippen molar-refractivity contribution in [1.29, 1.82) is 0 Å². The lowest BCUT2D eigenvalue weighted by atomic mass is 10.3. The predicted molar refractivity (Wildman–Crippen MR) is 102 cm³/mol. The van der Waals surface area contributed by atoms with Crippen molar-refractivity contribution in [3.05, 3.63) is 46.7 Å². The van der Waals surface area contributed by atoms with Crippen LogP contribution in [-0.4, -0.2) is 38.0 Å². The van der Waals surface area contributed by atoms with Gasteiger partial charge in [-0.2, -0.15) is 4.68 Å². The molecule has 1 atom stereocenters. The van der Waals surface area contributed by atoms with Crippen molar-refractivity contribution < 1.29 is 9.53 Å². The lowest BCUT2D eigenvalue weighted by Gasteiger charge is -2.13. The van der Waals surface area contributed by atoms with Crippen LogP contribution in [0.3, 0.4) is 0 Å². The average molecular weight is 390 g/mol. The molecule has 136 valence electrons. The first-order valence-corrected chi connectivity index (χ1v) is 9.92. The standard InChI is InChI=1S/C17H19N5O2S2/c1-3-24-15-9-5-4-8-14(15)22-17(19-20-21-22)26-12(2)16(23)18-11-13-7-6-10-25-13/h4-10,12H,3,11H2,1-2H3,(H,18,23). The smallest absolute Gasteiger partial charge is 0.233 e. The van der Waals surface area contributed by atoms with Crippen molar-refractivity contribution in [1.82, 2.24) is 25.5 Å². The fraction of sp³-hybridized carbons (Fsp3) is 0.294. The van der Waals surface area contributed by atoms with Gasteiger partial charge in [0.1, 0.15) is 11.4 Å². The number of thioether (sulfide) groups is 1. The third kappa shape index (κ3) is 4.41. The molecule has 9 heteroatoms. The number of nitrogens with one attached hydrogen (secondary N) is 1. The van der Waals surface area contributed by atoms with E-state index < -0.39 is 0 Å². The van der Waals surface area contributed by atoms with Crippen LogP contribution in [0.2, 0.25) is 0 Å². The Morgan fingerprint density at radius 3 is 2.96 bits per heavy atom. The molecule has 2 heterocycles. The number of hydrogen-bond donors (Lipinski definition) is 1. The number of hydrogen-bond acceptors (Lipinski definition) is 7. The summed E-state index contributed by atoms with van der Waals surface area (Å²) in [5, 5.41) is 17.0. The van der Waals surface area contributed by atoms with Gasteiger partial charge in [-0.1, -0.05) is 30.0 Å². The van der Waals surface area contributed by atoms with Crippen LogP contribution < -0.4 is 10.1 Å². The van der Waals surface area contributed by atoms with Gasteiger partial charge in [0.15, 0.2) is 0 Å². The molecule has 3 rings (SSSR count). The zero-order valence-electron chi connectivity index (χ0n) is 14.5. The molecular weight excluding hydrogens is 370 g/mol. The van der Waals surface area contributed by atoms with E-state index in [1.807, 2.05) is 55.6 Å². The highest BCUT2D eigenvalue weighted by atomic mass is 32.2. The van der Waals surface area contributed by atoms with Crippen LogP contribution in [0.25, 0.3) is 5.69 Å². The second kappa shape index (κ2) is 8.81. The molecule has 0 saturated carbocycles. The van der Waals surface area contributed by atoms with Crippen molar-refractivity contribution in [2.75, 3.05) is 6.61 Å². The van der Waals surface area contributed by atoms with Crippen LogP contribution in [0.1, 0.15) is 18.7 Å². The monoisotopic (exact) mass is 389 g/mol. The van der Waals surface area contributed by atoms with Crippen LogP contribution in [-0.2, 0) is 11.3 Å². The molecule has 1 unspecified atom stereocenters. The molecule has 1 aromatic carbocycles. The van der Waals surface area contributed by atoms with Crippen molar-refractivity contribution >= 4 is 29.0 Å². The first-order chi connectivity index (χ1) is 12.7. The number of aromatic nitrogens is 4. The van der Waals surface area contributed by atoms with Crippen molar-refractivity contribution in [3.8, 4) is 11.4 Å². The molecule has 0 spiro atoms. The Balaban J connectivity index is 1.69. The number of nitrogens with zero attached hydrogens (tertiary/aromatic N) is 4. The van der Waals surface area contributed by atoms with E-state index in [9.17, 15) is 4.79 Å². The van der Waals surface area contributed by atoms with Crippen LogP contribution in [0.15, 0.2) is 46.9 Å². The van der Waals surface area contributed by atoms with Gasteiger partial charge in [0, 0.05) is 4.88 Å². The quantitative estimate of drug-likeness (QED) is 0.597. The summed E-state index contributed by atoms with van der Waals surface area (Å²) in [6.45, 7) is 4.83. The minimum absolute atomic E-state index is 0.0592. The Morgan fingerprint density at radius 2 is 2.19 bits per heavy atom. The third-order valence-corrected chi connectivity index (χ3v) is 5.41. The van der Waals surface area contributed by atoms with Gasteiger partial charge in [0.25, 0.3) is 0 Å². The number of tetrazole rings is 1. The second-order valence-electron chi connectivity index (χ2n) is 5.33. The van der Waals surface area contributed by atoms with E-state index in [1.54, 1.807) is 16.0 Å². The molecule has 0 aliphatic heterocycles. The van der Waals surface area contributed by atoms with Gasteiger partial charge in [-0.15, -0.1) is 16.4 Å². The molecule has 0 aliphatic carbocycles. The van der Waals surface area contributed by atoms with Crippen molar-refractivity contribution in [3.63, 3.8) is 0 Å². The molecule has 26 heavy (non-hydrogen) atoms. The van der Waals surface area contributed by atoms with E-state index in [0.29, 0.717) is 24.1 Å². The first kappa shape index (κ1) is 18.4. The molecule has 0 bridgehead atoms. The van der Waals surface area contributed by atoms with Crippen LogP contribution in [0.5, 0.6) is 5.75 Å². The van der Waals surface area contributed by atoms with E-state index in [1.165, 1.54) is 11.8 Å². The lowest BCUT2D eigenvalue weighted by molar-refractivity contribution is -0.120. The Labute approximate surface area is 159 Å². The average Bonchev–Trinajstić information content (AvgIpc) is 3.32. The number of carbonyl (C=O) groups excluding carboxylic acids is 1. The number of carbonyl (C=O) groups is 1. The highest BCUT2D eigenvalue weighted by molar-refractivity contribution is 8.00. The topological polar surface area (TPSA) is 81.9 Å². The van der Waals surface area contributed by atoms with E-state index in [4.69, 9.17) is 4.74 Å². The highest BCUT2D eigenvalue weighted by Crippen LogP contribution is 2.28. The molecule has 0 fully saturated rings. The van der Waals surface area contributed by atoms with Gasteiger partial charge >= 0.3 is 0 Å². The number of thiophene rings is 1. The number of benzene rings is 1. The maximum absolute atomic E-state index is 12.4. The Bertz CT molecular complexity index is 850. The summed E-state index contributed by atoms with van der Waals surface area (Å²) >= 11 is 2.92. The molecule has 0 saturated heterocycles. The summed E-state index contributed by atoms with van der Waals surface area (Å²) in [5.74, 6) is 0.634. The summed E-state index contributed by atoms with van der Waals surface area (Å²) in [4.78, 5) is 13.5. The molecular formula is C17H19N5O2S2. The zero-order chi connectivity index (χ0) is 18.4. The Morgan fingerprint density at radius 1 is 1.35 bits per heavy atom. The number of ether oxygens (including phenoxy) is 1. The fourth-order valence-corrected chi connectivity index (χ4v) is 3.73. The van der Waals surface area contributed by atoms with E-state index in [-0.39, 0.29) is 11.2 Å².